The molecule has 2 heterocycles. The van der Waals surface area contributed by atoms with Gasteiger partial charge in [0.15, 0.2) is 0 Å². The van der Waals surface area contributed by atoms with Crippen molar-refractivity contribution in [3.63, 3.8) is 0 Å². The Morgan fingerprint density at radius 1 is 1.38 bits per heavy atom. The number of hydrogen-bond acceptors (Lipinski definition) is 3. The summed E-state index contributed by atoms with van der Waals surface area (Å²) in [4.78, 5) is 4.07. The number of nitrogens with one attached hydrogen (secondary N) is 1. The smallest absolute Gasteiger partial charge is 0.141 e. The van der Waals surface area contributed by atoms with Crippen molar-refractivity contribution in [3.8, 4) is 0 Å². The molecule has 0 saturated carbocycles. The minimum Gasteiger partial charge on any atom is -0.307 e. The number of pyridine rings is 1. The van der Waals surface area contributed by atoms with Crippen LogP contribution in [0.4, 0.5) is 4.39 Å². The van der Waals surface area contributed by atoms with E-state index in [-0.39, 0.29) is 11.9 Å². The number of aromatic nitrogens is 3. The van der Waals surface area contributed by atoms with E-state index in [4.69, 9.17) is 0 Å². The standard InChI is InChI=1S/C11H13FN4/c1-13-11(10-5-6-15-16(10)2)9-4-3-8(12)7-14-9/h3-7,11,13H,1-2H3. The van der Waals surface area contributed by atoms with Crippen molar-refractivity contribution in [2.24, 2.45) is 7.05 Å². The molecule has 4 nitrogen and oxygen atoms in total. The van der Waals surface area contributed by atoms with E-state index >= 15 is 0 Å². The zero-order valence-electron chi connectivity index (χ0n) is 9.18. The largest absolute Gasteiger partial charge is 0.307 e. The summed E-state index contributed by atoms with van der Waals surface area (Å²) < 4.78 is 14.5. The highest BCUT2D eigenvalue weighted by molar-refractivity contribution is 5.21. The molecule has 5 heteroatoms. The van der Waals surface area contributed by atoms with Gasteiger partial charge in [-0.15, -0.1) is 0 Å². The molecule has 1 unspecified atom stereocenters. The predicted molar refractivity (Wildman–Crippen MR) is 58.3 cm³/mol. The first-order valence-corrected chi connectivity index (χ1v) is 4.99. The molecular formula is C11H13FN4. The van der Waals surface area contributed by atoms with Gasteiger partial charge < -0.3 is 5.32 Å². The summed E-state index contributed by atoms with van der Waals surface area (Å²) in [5, 5.41) is 7.24. The van der Waals surface area contributed by atoms with E-state index in [1.54, 1.807) is 16.9 Å². The zero-order chi connectivity index (χ0) is 11.5. The van der Waals surface area contributed by atoms with E-state index in [1.165, 1.54) is 12.3 Å². The first-order valence-electron chi connectivity index (χ1n) is 4.99. The van der Waals surface area contributed by atoms with Crippen LogP contribution in [-0.2, 0) is 7.05 Å². The molecule has 0 saturated heterocycles. The second-order valence-electron chi connectivity index (χ2n) is 3.50. The molecule has 0 bridgehead atoms. The average Bonchev–Trinajstić information content (AvgIpc) is 2.69. The third kappa shape index (κ3) is 1.94. The van der Waals surface area contributed by atoms with Crippen molar-refractivity contribution < 1.29 is 4.39 Å². The number of hydrogen-bond donors (Lipinski definition) is 1. The highest BCUT2D eigenvalue weighted by atomic mass is 19.1. The van der Waals surface area contributed by atoms with Gasteiger partial charge in [-0.2, -0.15) is 5.10 Å². The summed E-state index contributed by atoms with van der Waals surface area (Å²) in [6.45, 7) is 0. The maximum absolute atomic E-state index is 12.8. The third-order valence-electron chi connectivity index (χ3n) is 2.49. The number of nitrogens with zero attached hydrogens (tertiary/aromatic N) is 3. The van der Waals surface area contributed by atoms with Crippen LogP contribution in [0.2, 0.25) is 0 Å². The SMILES string of the molecule is CNC(c1ccc(F)cn1)c1ccnn1C. The molecular weight excluding hydrogens is 207 g/mol. The molecule has 0 aliphatic heterocycles. The van der Waals surface area contributed by atoms with Gasteiger partial charge in [-0.3, -0.25) is 9.67 Å². The quantitative estimate of drug-likeness (QED) is 0.846. The van der Waals surface area contributed by atoms with Crippen LogP contribution >= 0.6 is 0 Å². The van der Waals surface area contributed by atoms with Crippen molar-refractivity contribution in [1.82, 2.24) is 20.1 Å². The Morgan fingerprint density at radius 3 is 2.69 bits per heavy atom. The van der Waals surface area contributed by atoms with E-state index in [0.29, 0.717) is 0 Å². The van der Waals surface area contributed by atoms with Crippen LogP contribution < -0.4 is 5.32 Å². The van der Waals surface area contributed by atoms with Crippen LogP contribution in [0, 0.1) is 5.82 Å². The van der Waals surface area contributed by atoms with Crippen molar-refractivity contribution in [2.45, 2.75) is 6.04 Å². The van der Waals surface area contributed by atoms with Crippen LogP contribution in [0.1, 0.15) is 17.4 Å². The minimum absolute atomic E-state index is 0.0758. The molecule has 84 valence electrons. The third-order valence-corrected chi connectivity index (χ3v) is 2.49. The van der Waals surface area contributed by atoms with E-state index in [9.17, 15) is 4.39 Å². The van der Waals surface area contributed by atoms with Crippen LogP contribution in [0.5, 0.6) is 0 Å². The summed E-state index contributed by atoms with van der Waals surface area (Å²) in [5.41, 5.74) is 1.76. The fourth-order valence-electron chi connectivity index (χ4n) is 1.67. The molecule has 16 heavy (non-hydrogen) atoms. The molecule has 1 N–H and O–H groups in total. The van der Waals surface area contributed by atoms with Crippen molar-refractivity contribution in [1.29, 1.82) is 0 Å². The first-order chi connectivity index (χ1) is 7.72. The van der Waals surface area contributed by atoms with Crippen LogP contribution in [0.15, 0.2) is 30.6 Å². The van der Waals surface area contributed by atoms with Crippen molar-refractivity contribution >= 4 is 0 Å². The molecule has 2 rings (SSSR count). The van der Waals surface area contributed by atoms with Gasteiger partial charge in [0.1, 0.15) is 5.82 Å². The Bertz CT molecular complexity index is 463. The predicted octanol–water partition coefficient (Wildman–Crippen LogP) is 1.26. The zero-order valence-corrected chi connectivity index (χ0v) is 9.18. The van der Waals surface area contributed by atoms with E-state index in [0.717, 1.165) is 11.4 Å². The Balaban J connectivity index is 2.37. The van der Waals surface area contributed by atoms with Gasteiger partial charge in [-0.1, -0.05) is 0 Å². The monoisotopic (exact) mass is 220 g/mol. The van der Waals surface area contributed by atoms with E-state index in [2.05, 4.69) is 15.4 Å². The fourth-order valence-corrected chi connectivity index (χ4v) is 1.67. The second kappa shape index (κ2) is 4.40. The maximum atomic E-state index is 12.8. The summed E-state index contributed by atoms with van der Waals surface area (Å²) in [6, 6.07) is 4.91. The van der Waals surface area contributed by atoms with Crippen molar-refractivity contribution in [3.05, 3.63) is 47.8 Å². The number of aryl methyl sites for hydroxylation is 1. The highest BCUT2D eigenvalue weighted by Gasteiger charge is 2.16. The van der Waals surface area contributed by atoms with E-state index in [1.807, 2.05) is 20.2 Å². The summed E-state index contributed by atoms with van der Waals surface area (Å²) in [7, 11) is 3.70. The fraction of sp³-hybridized carbons (Fsp3) is 0.273. The Labute approximate surface area is 93.1 Å². The highest BCUT2D eigenvalue weighted by Crippen LogP contribution is 2.18. The molecule has 0 radical (unpaired) electrons. The lowest BCUT2D eigenvalue weighted by molar-refractivity contribution is 0.582. The lowest BCUT2D eigenvalue weighted by Crippen LogP contribution is -2.21. The normalized spacial score (nSPS) is 12.7. The summed E-state index contributed by atoms with van der Waals surface area (Å²) in [6.07, 6.45) is 2.94. The summed E-state index contributed by atoms with van der Waals surface area (Å²) in [5.74, 6) is -0.330. The molecule has 1 atom stereocenters. The first kappa shape index (κ1) is 10.8. The van der Waals surface area contributed by atoms with Crippen LogP contribution in [0.3, 0.4) is 0 Å². The van der Waals surface area contributed by atoms with Gasteiger partial charge in [0.2, 0.25) is 0 Å². The molecule has 0 amide bonds. The number of rotatable bonds is 3. The minimum atomic E-state index is -0.330. The molecule has 0 aliphatic carbocycles. The van der Waals surface area contributed by atoms with E-state index < -0.39 is 0 Å². The van der Waals surface area contributed by atoms with Gasteiger partial charge in [-0.05, 0) is 25.2 Å². The van der Waals surface area contributed by atoms with Crippen LogP contribution in [-0.4, -0.2) is 21.8 Å². The topological polar surface area (TPSA) is 42.7 Å². The van der Waals surface area contributed by atoms with Gasteiger partial charge in [0.05, 0.1) is 23.6 Å². The lowest BCUT2D eigenvalue weighted by atomic mass is 10.1. The Morgan fingerprint density at radius 2 is 2.19 bits per heavy atom. The van der Waals surface area contributed by atoms with Crippen molar-refractivity contribution in [2.75, 3.05) is 7.05 Å². The second-order valence-corrected chi connectivity index (χ2v) is 3.50. The van der Waals surface area contributed by atoms with Gasteiger partial charge in [-0.25, -0.2) is 4.39 Å². The molecule has 0 aliphatic rings. The van der Waals surface area contributed by atoms with Gasteiger partial charge in [0.25, 0.3) is 0 Å². The maximum Gasteiger partial charge on any atom is 0.141 e. The van der Waals surface area contributed by atoms with Gasteiger partial charge in [0, 0.05) is 13.2 Å². The molecule has 0 aromatic carbocycles. The molecule has 2 aromatic rings. The van der Waals surface area contributed by atoms with Crippen LogP contribution in [0.25, 0.3) is 0 Å². The average molecular weight is 220 g/mol. The molecule has 0 fully saturated rings. The summed E-state index contributed by atoms with van der Waals surface area (Å²) >= 11 is 0. The van der Waals surface area contributed by atoms with Gasteiger partial charge >= 0.3 is 0 Å². The molecule has 0 spiro atoms. The number of halogens is 1. The lowest BCUT2D eigenvalue weighted by Gasteiger charge is -2.15. The molecule has 2 aromatic heterocycles. The Kier molecular flexibility index (Phi) is 2.96. The Hall–Kier alpha value is -1.75.